The molecule has 1 heterocycles. The van der Waals surface area contributed by atoms with Gasteiger partial charge >= 0.3 is 5.69 Å². The van der Waals surface area contributed by atoms with Crippen molar-refractivity contribution < 1.29 is 4.79 Å². The van der Waals surface area contributed by atoms with Crippen LogP contribution in [0.1, 0.15) is 32.3 Å². The molecule has 7 nitrogen and oxygen atoms in total. The Morgan fingerprint density at radius 3 is 1.84 bits per heavy atom. The molecule has 3 aromatic rings. The number of nitrogen functional groups attached to an aromatic ring is 1. The van der Waals surface area contributed by atoms with Crippen molar-refractivity contribution in [1.82, 2.24) is 9.13 Å². The van der Waals surface area contributed by atoms with Gasteiger partial charge in [-0.05, 0) is 18.4 Å². The first kappa shape index (κ1) is 23.7. The van der Waals surface area contributed by atoms with Gasteiger partial charge in [0.15, 0.2) is 0 Å². The van der Waals surface area contributed by atoms with Crippen molar-refractivity contribution in [2.24, 2.45) is 0 Å². The second kappa shape index (κ2) is 12.2. The number of nitrogens with one attached hydrogen (secondary N) is 1. The molecule has 0 aliphatic heterocycles. The molecule has 0 aliphatic rings. The van der Waals surface area contributed by atoms with Gasteiger partial charge in [0.2, 0.25) is 5.91 Å². The van der Waals surface area contributed by atoms with Crippen molar-refractivity contribution in [1.29, 1.82) is 0 Å². The summed E-state index contributed by atoms with van der Waals surface area (Å²) in [5.41, 5.74) is 5.82. The highest BCUT2D eigenvalue weighted by Crippen LogP contribution is 2.12. The Bertz CT molecular complexity index is 1050. The summed E-state index contributed by atoms with van der Waals surface area (Å²) >= 11 is 0. The van der Waals surface area contributed by atoms with Crippen molar-refractivity contribution in [3.63, 3.8) is 0 Å². The molecule has 0 atom stereocenters. The fourth-order valence-electron chi connectivity index (χ4n) is 3.04. The van der Waals surface area contributed by atoms with E-state index in [2.05, 4.69) is 5.32 Å². The molecule has 3 rings (SSSR count). The molecule has 164 valence electrons. The van der Waals surface area contributed by atoms with Crippen LogP contribution in [-0.4, -0.2) is 15.0 Å². The third kappa shape index (κ3) is 6.70. The molecule has 0 spiro atoms. The average Bonchev–Trinajstić information content (AvgIpc) is 2.79. The highest BCUT2D eigenvalue weighted by Gasteiger charge is 2.18. The predicted molar refractivity (Wildman–Crippen MR) is 125 cm³/mol. The minimum atomic E-state index is -0.557. The zero-order valence-electron chi connectivity index (χ0n) is 18.1. The van der Waals surface area contributed by atoms with Crippen LogP contribution in [0, 0.1) is 0 Å². The van der Waals surface area contributed by atoms with Gasteiger partial charge in [0.05, 0.1) is 6.42 Å². The van der Waals surface area contributed by atoms with E-state index in [1.165, 1.54) is 4.57 Å². The quantitative estimate of drug-likeness (QED) is 0.610. The third-order valence-corrected chi connectivity index (χ3v) is 4.50. The van der Waals surface area contributed by atoms with Crippen molar-refractivity contribution in [2.75, 3.05) is 11.1 Å². The van der Waals surface area contributed by atoms with Crippen molar-refractivity contribution in [3.05, 3.63) is 93.1 Å². The van der Waals surface area contributed by atoms with E-state index in [0.717, 1.165) is 10.1 Å². The molecule has 31 heavy (non-hydrogen) atoms. The summed E-state index contributed by atoms with van der Waals surface area (Å²) in [6.07, 6.45) is 1.44. The number of carbonyl (C=O) groups excluding carboxylic acids is 1. The summed E-state index contributed by atoms with van der Waals surface area (Å²) in [7, 11) is 0. The van der Waals surface area contributed by atoms with E-state index >= 15 is 0 Å². The first-order valence-electron chi connectivity index (χ1n) is 10.5. The lowest BCUT2D eigenvalue weighted by molar-refractivity contribution is -0.115. The number of benzene rings is 2. The number of hydrogen-bond acceptors (Lipinski definition) is 4. The second-order valence-electron chi connectivity index (χ2n) is 7.02. The molecule has 0 aliphatic carbocycles. The number of nitrogens with two attached hydrogens (primary N) is 1. The van der Waals surface area contributed by atoms with E-state index in [9.17, 15) is 14.4 Å². The van der Waals surface area contributed by atoms with Crippen LogP contribution in [-0.2, 0) is 24.3 Å². The van der Waals surface area contributed by atoms with Gasteiger partial charge < -0.3 is 11.1 Å². The highest BCUT2D eigenvalue weighted by molar-refractivity contribution is 5.94. The number of rotatable bonds is 7. The highest BCUT2D eigenvalue weighted by atomic mass is 16.2. The first-order chi connectivity index (χ1) is 15.0. The summed E-state index contributed by atoms with van der Waals surface area (Å²) in [5, 5.41) is 2.59. The van der Waals surface area contributed by atoms with Gasteiger partial charge in [0, 0.05) is 13.1 Å². The van der Waals surface area contributed by atoms with Gasteiger partial charge in [-0.25, -0.2) is 4.79 Å². The number of nitrogens with zero attached hydrogens (tertiary/aromatic N) is 2. The maximum atomic E-state index is 12.6. The molecule has 2 aromatic carbocycles. The topological polar surface area (TPSA) is 99.1 Å². The fraction of sp³-hybridized carbons (Fsp3) is 0.292. The Morgan fingerprint density at radius 1 is 0.839 bits per heavy atom. The molecular formula is C24H30N4O3. The normalized spacial score (nSPS) is 10.1. The van der Waals surface area contributed by atoms with Gasteiger partial charge in [0.25, 0.3) is 5.56 Å². The Hall–Kier alpha value is -3.61. The molecule has 0 unspecified atom stereocenters. The monoisotopic (exact) mass is 422 g/mol. The number of aromatic nitrogens is 2. The zero-order chi connectivity index (χ0) is 22.6. The van der Waals surface area contributed by atoms with E-state index in [4.69, 9.17) is 5.73 Å². The molecule has 7 heteroatoms. The second-order valence-corrected chi connectivity index (χ2v) is 7.02. The van der Waals surface area contributed by atoms with Crippen LogP contribution in [0.2, 0.25) is 0 Å². The van der Waals surface area contributed by atoms with E-state index in [-0.39, 0.29) is 30.4 Å². The minimum absolute atomic E-state index is 0.00520. The molecular weight excluding hydrogens is 392 g/mol. The lowest BCUT2D eigenvalue weighted by atomic mass is 10.1. The summed E-state index contributed by atoms with van der Waals surface area (Å²) in [6.45, 7) is 4.45. The maximum Gasteiger partial charge on any atom is 0.332 e. The summed E-state index contributed by atoms with van der Waals surface area (Å²) in [4.78, 5) is 37.4. The van der Waals surface area contributed by atoms with Gasteiger partial charge in [-0.2, -0.15) is 0 Å². The minimum Gasteiger partial charge on any atom is -0.383 e. The summed E-state index contributed by atoms with van der Waals surface area (Å²) in [5.74, 6) is -0.342. The van der Waals surface area contributed by atoms with Crippen LogP contribution >= 0.6 is 0 Å². The molecule has 3 N–H and O–H groups in total. The van der Waals surface area contributed by atoms with E-state index in [0.29, 0.717) is 19.4 Å². The number of hydrogen-bond donors (Lipinski definition) is 2. The zero-order valence-corrected chi connectivity index (χ0v) is 18.1. The van der Waals surface area contributed by atoms with E-state index in [1.807, 2.05) is 80.6 Å². The molecule has 0 fully saturated rings. The van der Waals surface area contributed by atoms with Gasteiger partial charge in [0.1, 0.15) is 11.5 Å². The third-order valence-electron chi connectivity index (χ3n) is 4.50. The van der Waals surface area contributed by atoms with Crippen LogP contribution in [0.25, 0.3) is 0 Å². The van der Waals surface area contributed by atoms with Crippen LogP contribution in [0.15, 0.2) is 76.3 Å². The molecule has 0 bridgehead atoms. The molecule has 1 aromatic heterocycles. The SMILES string of the molecule is CCCn1c(N)c(NC(=O)Cc2ccccc2)c(=O)n(CCC)c1=O.c1ccccc1. The standard InChI is InChI=1S/C18H24N4O3.C6H6/c1-3-10-21-16(19)15(17(24)22(11-4-2)18(21)25)20-14(23)12-13-8-6-5-7-9-13;1-2-4-6-5-3-1/h5-9H,3-4,10-12,19H2,1-2H3,(H,20,23);1-6H. The predicted octanol–water partition coefficient (Wildman–Crippen LogP) is 3.28. The number of carbonyl (C=O) groups is 1. The van der Waals surface area contributed by atoms with Crippen LogP contribution < -0.4 is 22.3 Å². The Kier molecular flexibility index (Phi) is 9.29. The largest absolute Gasteiger partial charge is 0.383 e. The summed E-state index contributed by atoms with van der Waals surface area (Å²) < 4.78 is 2.47. The number of anilines is 2. The van der Waals surface area contributed by atoms with E-state index in [1.54, 1.807) is 0 Å². The van der Waals surface area contributed by atoms with Gasteiger partial charge in [-0.3, -0.25) is 18.7 Å². The van der Waals surface area contributed by atoms with Crippen molar-refractivity contribution >= 4 is 17.4 Å². The van der Waals surface area contributed by atoms with Crippen LogP contribution in [0.4, 0.5) is 11.5 Å². The maximum absolute atomic E-state index is 12.6. The Labute approximate surface area is 182 Å². The lowest BCUT2D eigenvalue weighted by Gasteiger charge is -2.16. The Balaban J connectivity index is 0.000000488. The fourth-order valence-corrected chi connectivity index (χ4v) is 3.04. The van der Waals surface area contributed by atoms with E-state index < -0.39 is 11.2 Å². The van der Waals surface area contributed by atoms with Crippen molar-refractivity contribution in [3.8, 4) is 0 Å². The molecule has 0 radical (unpaired) electrons. The van der Waals surface area contributed by atoms with Crippen LogP contribution in [0.5, 0.6) is 0 Å². The summed E-state index contributed by atoms with van der Waals surface area (Å²) in [6, 6.07) is 21.2. The smallest absolute Gasteiger partial charge is 0.332 e. The van der Waals surface area contributed by atoms with Crippen molar-refractivity contribution in [2.45, 2.75) is 46.2 Å². The van der Waals surface area contributed by atoms with Crippen LogP contribution in [0.3, 0.4) is 0 Å². The molecule has 0 saturated carbocycles. The Morgan fingerprint density at radius 2 is 1.32 bits per heavy atom. The average molecular weight is 423 g/mol. The van der Waals surface area contributed by atoms with Gasteiger partial charge in [-0.1, -0.05) is 80.6 Å². The van der Waals surface area contributed by atoms with Gasteiger partial charge in [-0.15, -0.1) is 0 Å². The first-order valence-corrected chi connectivity index (χ1v) is 10.5. The number of amides is 1. The molecule has 1 amide bonds. The molecule has 0 saturated heterocycles. The lowest BCUT2D eigenvalue weighted by Crippen LogP contribution is -2.43.